The Morgan fingerprint density at radius 3 is 2.50 bits per heavy atom. The summed E-state index contributed by atoms with van der Waals surface area (Å²) in [5, 5.41) is 0. The average molecular weight is 148 g/mol. The van der Waals surface area contributed by atoms with Gasteiger partial charge in [-0.05, 0) is 19.8 Å². The van der Waals surface area contributed by atoms with Gasteiger partial charge in [-0.2, -0.15) is 0 Å². The zero-order chi connectivity index (χ0) is 7.41. The van der Waals surface area contributed by atoms with Crippen LogP contribution in [0.5, 0.6) is 0 Å². The summed E-state index contributed by atoms with van der Waals surface area (Å²) in [6.07, 6.45) is 1.07. The molecule has 2 bridgehead atoms. The van der Waals surface area contributed by atoms with Gasteiger partial charge in [-0.15, -0.1) is 0 Å². The van der Waals surface area contributed by atoms with Crippen molar-refractivity contribution in [3.8, 4) is 0 Å². The summed E-state index contributed by atoms with van der Waals surface area (Å²) in [4.78, 5) is 0. The maximum absolute atomic E-state index is 12.9. The Morgan fingerprint density at radius 2 is 2.20 bits per heavy atom. The highest BCUT2D eigenvalue weighted by Crippen LogP contribution is 2.57. The Kier molecular flexibility index (Phi) is 0.994. The van der Waals surface area contributed by atoms with Gasteiger partial charge < -0.3 is 4.74 Å². The number of halogens is 2. The van der Waals surface area contributed by atoms with Gasteiger partial charge in [-0.3, -0.25) is 0 Å². The number of hydrogen-bond acceptors (Lipinski definition) is 1. The van der Waals surface area contributed by atoms with E-state index in [-0.39, 0.29) is 0 Å². The molecule has 2 saturated heterocycles. The summed E-state index contributed by atoms with van der Waals surface area (Å²) < 4.78 is 30.8. The fourth-order valence-corrected chi connectivity index (χ4v) is 1.90. The van der Waals surface area contributed by atoms with Crippen molar-refractivity contribution in [3.05, 3.63) is 0 Å². The fraction of sp³-hybridized carbons (Fsp3) is 1.00. The highest BCUT2D eigenvalue weighted by Gasteiger charge is 2.68. The second kappa shape index (κ2) is 1.52. The van der Waals surface area contributed by atoms with Crippen molar-refractivity contribution in [2.75, 3.05) is 6.61 Å². The Labute approximate surface area is 58.4 Å². The minimum Gasteiger partial charge on any atom is -0.369 e. The SMILES string of the molecule is C[C@@]12CC(CCO1)C2(F)F. The topological polar surface area (TPSA) is 9.23 Å². The largest absolute Gasteiger partial charge is 0.369 e. The molecule has 3 heteroatoms. The van der Waals surface area contributed by atoms with E-state index in [1.54, 1.807) is 0 Å². The highest BCUT2D eigenvalue weighted by atomic mass is 19.3. The van der Waals surface area contributed by atoms with E-state index >= 15 is 0 Å². The van der Waals surface area contributed by atoms with Crippen molar-refractivity contribution in [1.29, 1.82) is 0 Å². The third-order valence-electron chi connectivity index (χ3n) is 2.74. The van der Waals surface area contributed by atoms with E-state index in [0.29, 0.717) is 19.4 Å². The van der Waals surface area contributed by atoms with Gasteiger partial charge >= 0.3 is 0 Å². The third kappa shape index (κ3) is 0.506. The van der Waals surface area contributed by atoms with E-state index in [2.05, 4.69) is 0 Å². The molecule has 0 aromatic heterocycles. The van der Waals surface area contributed by atoms with Crippen LogP contribution in [0.3, 0.4) is 0 Å². The molecule has 3 rings (SSSR count). The summed E-state index contributed by atoms with van der Waals surface area (Å²) in [6.45, 7) is 2.01. The molecule has 0 radical (unpaired) electrons. The lowest BCUT2D eigenvalue weighted by atomic mass is 9.64. The summed E-state index contributed by atoms with van der Waals surface area (Å²) in [7, 11) is 0. The van der Waals surface area contributed by atoms with Crippen LogP contribution in [0.4, 0.5) is 8.78 Å². The molecular weight excluding hydrogens is 138 g/mol. The average Bonchev–Trinajstić information content (AvgIpc) is 1.88. The summed E-state index contributed by atoms with van der Waals surface area (Å²) in [5.74, 6) is -2.95. The Bertz CT molecular complexity index is 162. The number of alkyl halides is 2. The van der Waals surface area contributed by atoms with E-state index in [9.17, 15) is 8.78 Å². The van der Waals surface area contributed by atoms with Crippen molar-refractivity contribution in [1.82, 2.24) is 0 Å². The summed E-state index contributed by atoms with van der Waals surface area (Å²) in [5.41, 5.74) is -1.12. The molecule has 0 amide bonds. The molecule has 3 fully saturated rings. The maximum Gasteiger partial charge on any atom is 0.279 e. The van der Waals surface area contributed by atoms with Crippen molar-refractivity contribution < 1.29 is 13.5 Å². The van der Waals surface area contributed by atoms with Crippen molar-refractivity contribution in [3.63, 3.8) is 0 Å². The predicted molar refractivity (Wildman–Crippen MR) is 32.0 cm³/mol. The zero-order valence-corrected chi connectivity index (χ0v) is 5.86. The molecule has 1 aliphatic carbocycles. The number of hydrogen-bond donors (Lipinski definition) is 0. The second-order valence-corrected chi connectivity index (χ2v) is 3.39. The normalized spacial score (nSPS) is 50.1. The molecule has 1 unspecified atom stereocenters. The first kappa shape index (κ1) is 6.53. The predicted octanol–water partition coefficient (Wildman–Crippen LogP) is 1.82. The number of rotatable bonds is 0. The first-order valence-electron chi connectivity index (χ1n) is 3.58. The molecule has 2 atom stereocenters. The van der Waals surface area contributed by atoms with Gasteiger partial charge in [-0.1, -0.05) is 0 Å². The van der Waals surface area contributed by atoms with Gasteiger partial charge in [0, 0.05) is 12.5 Å². The van der Waals surface area contributed by atoms with Crippen LogP contribution in [-0.4, -0.2) is 18.1 Å². The van der Waals surface area contributed by atoms with Crippen LogP contribution >= 0.6 is 0 Å². The lowest BCUT2D eigenvalue weighted by Gasteiger charge is -2.56. The molecule has 1 nitrogen and oxygen atoms in total. The van der Waals surface area contributed by atoms with Crippen LogP contribution in [0.1, 0.15) is 19.8 Å². The number of fused-ring (bicyclic) bond motifs is 2. The van der Waals surface area contributed by atoms with Gasteiger partial charge in [0.1, 0.15) is 5.60 Å². The second-order valence-electron chi connectivity index (χ2n) is 3.39. The Morgan fingerprint density at radius 1 is 1.50 bits per heavy atom. The van der Waals surface area contributed by atoms with Crippen LogP contribution in [-0.2, 0) is 4.74 Å². The van der Waals surface area contributed by atoms with Gasteiger partial charge in [0.15, 0.2) is 0 Å². The third-order valence-corrected chi connectivity index (χ3v) is 2.74. The lowest BCUT2D eigenvalue weighted by Crippen LogP contribution is -2.67. The standard InChI is InChI=1S/C7H10F2O/c1-6-4-5(2-3-10-6)7(6,8)9/h5H,2-4H2,1H3/t5?,6-/m0/s1. The fourth-order valence-electron chi connectivity index (χ4n) is 1.90. The quantitative estimate of drug-likeness (QED) is 0.509. The monoisotopic (exact) mass is 148 g/mol. The molecule has 58 valence electrons. The van der Waals surface area contributed by atoms with Crippen molar-refractivity contribution in [2.45, 2.75) is 31.3 Å². The van der Waals surface area contributed by atoms with Crippen molar-refractivity contribution >= 4 is 0 Å². The molecule has 2 aliphatic heterocycles. The van der Waals surface area contributed by atoms with Gasteiger partial charge in [0.25, 0.3) is 5.92 Å². The van der Waals surface area contributed by atoms with E-state index in [4.69, 9.17) is 4.74 Å². The van der Waals surface area contributed by atoms with Crippen LogP contribution in [0, 0.1) is 5.92 Å². The van der Waals surface area contributed by atoms with Gasteiger partial charge in [0.2, 0.25) is 0 Å². The molecule has 2 heterocycles. The highest BCUT2D eigenvalue weighted by molar-refractivity contribution is 5.10. The molecule has 0 aromatic carbocycles. The first-order valence-corrected chi connectivity index (χ1v) is 3.58. The number of ether oxygens (including phenoxy) is 1. The minimum absolute atomic E-state index is 0.397. The Hall–Kier alpha value is -0.180. The zero-order valence-electron chi connectivity index (χ0n) is 5.86. The molecule has 0 N–H and O–H groups in total. The maximum atomic E-state index is 12.9. The van der Waals surface area contributed by atoms with Crippen LogP contribution in [0.25, 0.3) is 0 Å². The molecule has 3 aliphatic rings. The van der Waals surface area contributed by atoms with Crippen LogP contribution in [0.2, 0.25) is 0 Å². The Balaban J connectivity index is 2.24. The molecule has 0 spiro atoms. The van der Waals surface area contributed by atoms with Gasteiger partial charge in [-0.25, -0.2) is 8.78 Å². The van der Waals surface area contributed by atoms with Crippen molar-refractivity contribution in [2.24, 2.45) is 5.92 Å². The van der Waals surface area contributed by atoms with Crippen LogP contribution in [0.15, 0.2) is 0 Å². The molecular formula is C7H10F2O. The van der Waals surface area contributed by atoms with E-state index in [1.807, 2.05) is 0 Å². The smallest absolute Gasteiger partial charge is 0.279 e. The molecule has 0 aromatic rings. The molecule has 10 heavy (non-hydrogen) atoms. The molecule has 1 saturated carbocycles. The minimum atomic E-state index is -2.55. The van der Waals surface area contributed by atoms with E-state index < -0.39 is 17.4 Å². The van der Waals surface area contributed by atoms with Crippen LogP contribution < -0.4 is 0 Å². The summed E-state index contributed by atoms with van der Waals surface area (Å²) in [6, 6.07) is 0. The van der Waals surface area contributed by atoms with E-state index in [1.165, 1.54) is 6.92 Å². The summed E-state index contributed by atoms with van der Waals surface area (Å²) >= 11 is 0. The lowest BCUT2D eigenvalue weighted by molar-refractivity contribution is -0.333. The van der Waals surface area contributed by atoms with E-state index in [0.717, 1.165) is 0 Å². The first-order chi connectivity index (χ1) is 4.56. The van der Waals surface area contributed by atoms with Gasteiger partial charge in [0.05, 0.1) is 0 Å².